The van der Waals surface area contributed by atoms with Crippen LogP contribution in [0.4, 0.5) is 0 Å². The van der Waals surface area contributed by atoms with Crippen molar-refractivity contribution in [2.75, 3.05) is 13.7 Å². The van der Waals surface area contributed by atoms with E-state index in [0.717, 1.165) is 0 Å². The van der Waals surface area contributed by atoms with Gasteiger partial charge in [0.15, 0.2) is 0 Å². The zero-order valence-corrected chi connectivity index (χ0v) is 10.6. The number of amides is 1. The van der Waals surface area contributed by atoms with Crippen molar-refractivity contribution in [1.82, 2.24) is 5.32 Å². The van der Waals surface area contributed by atoms with Crippen LogP contribution in [0, 0.1) is 0 Å². The number of hydrogen-bond donors (Lipinski definition) is 1. The van der Waals surface area contributed by atoms with Gasteiger partial charge in [-0.05, 0) is 18.2 Å². The lowest BCUT2D eigenvalue weighted by Crippen LogP contribution is -2.20. The van der Waals surface area contributed by atoms with E-state index < -0.39 is 5.97 Å². The zero-order valence-electron chi connectivity index (χ0n) is 9.13. The maximum Gasteiger partial charge on any atom is 0.338 e. The van der Waals surface area contributed by atoms with Crippen molar-refractivity contribution >= 4 is 35.1 Å². The van der Waals surface area contributed by atoms with E-state index in [1.807, 2.05) is 0 Å². The fraction of sp³-hybridized carbons (Fsp3) is 0.273. The second-order valence-corrected chi connectivity index (χ2v) is 4.00. The quantitative estimate of drug-likeness (QED) is 0.858. The third-order valence-corrected chi connectivity index (χ3v) is 2.74. The van der Waals surface area contributed by atoms with Crippen molar-refractivity contribution in [2.45, 2.75) is 6.42 Å². The van der Waals surface area contributed by atoms with Gasteiger partial charge in [0.05, 0.1) is 22.0 Å². The Morgan fingerprint density at radius 1 is 1.29 bits per heavy atom. The third kappa shape index (κ3) is 4.24. The minimum atomic E-state index is -0.535. The van der Waals surface area contributed by atoms with E-state index in [0.29, 0.717) is 10.6 Å². The summed E-state index contributed by atoms with van der Waals surface area (Å²) in [6.07, 6.45) is 0.129. The Hall–Kier alpha value is -1.26. The van der Waals surface area contributed by atoms with Gasteiger partial charge in [-0.1, -0.05) is 23.2 Å². The van der Waals surface area contributed by atoms with Crippen LogP contribution in [0.3, 0.4) is 0 Å². The Balaban J connectivity index is 2.52. The predicted molar refractivity (Wildman–Crippen MR) is 65.4 cm³/mol. The molecule has 1 aromatic carbocycles. The third-order valence-electron chi connectivity index (χ3n) is 2.00. The van der Waals surface area contributed by atoms with Crippen LogP contribution in [-0.4, -0.2) is 25.5 Å². The van der Waals surface area contributed by atoms with Gasteiger partial charge in [-0.3, -0.25) is 4.79 Å². The van der Waals surface area contributed by atoms with Gasteiger partial charge in [-0.15, -0.1) is 0 Å². The molecule has 1 rings (SSSR count). The van der Waals surface area contributed by atoms with Gasteiger partial charge in [0.1, 0.15) is 6.61 Å². The number of esters is 1. The fourth-order valence-electron chi connectivity index (χ4n) is 1.07. The molecule has 0 bridgehead atoms. The lowest BCUT2D eigenvalue weighted by atomic mass is 10.2. The van der Waals surface area contributed by atoms with Crippen molar-refractivity contribution in [3.05, 3.63) is 33.8 Å². The first-order valence-corrected chi connectivity index (χ1v) is 5.63. The van der Waals surface area contributed by atoms with Crippen LogP contribution in [0.15, 0.2) is 18.2 Å². The van der Waals surface area contributed by atoms with Gasteiger partial charge in [0, 0.05) is 7.05 Å². The van der Waals surface area contributed by atoms with Crippen molar-refractivity contribution in [3.8, 4) is 0 Å². The molecule has 0 saturated carbocycles. The number of nitrogens with one attached hydrogen (secondary N) is 1. The minimum absolute atomic E-state index is 0.0265. The molecule has 0 heterocycles. The highest BCUT2D eigenvalue weighted by Gasteiger charge is 2.10. The van der Waals surface area contributed by atoms with E-state index in [9.17, 15) is 9.59 Å². The molecule has 0 radical (unpaired) electrons. The first-order chi connectivity index (χ1) is 8.04. The summed E-state index contributed by atoms with van der Waals surface area (Å²) in [7, 11) is 1.52. The molecule has 6 heteroatoms. The van der Waals surface area contributed by atoms with Crippen molar-refractivity contribution in [2.24, 2.45) is 0 Å². The first-order valence-electron chi connectivity index (χ1n) is 4.87. The number of rotatable bonds is 4. The van der Waals surface area contributed by atoms with Crippen LogP contribution in [0.1, 0.15) is 16.8 Å². The average molecular weight is 276 g/mol. The van der Waals surface area contributed by atoms with Crippen LogP contribution in [-0.2, 0) is 9.53 Å². The SMILES string of the molecule is CNC(=O)CCOC(=O)c1ccc(Cl)c(Cl)c1. The van der Waals surface area contributed by atoms with Gasteiger partial charge >= 0.3 is 5.97 Å². The highest BCUT2D eigenvalue weighted by Crippen LogP contribution is 2.22. The molecular weight excluding hydrogens is 265 g/mol. The van der Waals surface area contributed by atoms with Gasteiger partial charge < -0.3 is 10.1 Å². The monoisotopic (exact) mass is 275 g/mol. The first kappa shape index (κ1) is 13.8. The van der Waals surface area contributed by atoms with Crippen molar-refractivity contribution < 1.29 is 14.3 Å². The van der Waals surface area contributed by atoms with Crippen LogP contribution in [0.5, 0.6) is 0 Å². The van der Waals surface area contributed by atoms with Gasteiger partial charge in [-0.2, -0.15) is 0 Å². The molecule has 0 aromatic heterocycles. The molecule has 0 unspecified atom stereocenters. The van der Waals surface area contributed by atoms with E-state index in [1.165, 1.54) is 25.2 Å². The molecule has 17 heavy (non-hydrogen) atoms. The Bertz CT molecular complexity index is 435. The van der Waals surface area contributed by atoms with Gasteiger partial charge in [0.2, 0.25) is 5.91 Å². The average Bonchev–Trinajstić information content (AvgIpc) is 2.32. The molecule has 92 valence electrons. The summed E-state index contributed by atoms with van der Waals surface area (Å²) in [5.41, 5.74) is 0.302. The second-order valence-electron chi connectivity index (χ2n) is 3.19. The number of carbonyl (C=O) groups is 2. The van der Waals surface area contributed by atoms with Crippen molar-refractivity contribution in [1.29, 1.82) is 0 Å². The maximum atomic E-state index is 11.5. The predicted octanol–water partition coefficient (Wildman–Crippen LogP) is 2.29. The minimum Gasteiger partial charge on any atom is -0.462 e. The summed E-state index contributed by atoms with van der Waals surface area (Å²) >= 11 is 11.5. The summed E-state index contributed by atoms with van der Waals surface area (Å²) in [5, 5.41) is 3.08. The summed E-state index contributed by atoms with van der Waals surface area (Å²) in [5.74, 6) is -0.723. The summed E-state index contributed by atoms with van der Waals surface area (Å²) in [6, 6.07) is 4.45. The molecule has 1 aromatic rings. The Morgan fingerprint density at radius 2 is 2.00 bits per heavy atom. The molecule has 0 atom stereocenters. The van der Waals surface area contributed by atoms with Gasteiger partial charge in [0.25, 0.3) is 0 Å². The van der Waals surface area contributed by atoms with E-state index in [-0.39, 0.29) is 24.0 Å². The second kappa shape index (κ2) is 6.47. The molecule has 0 saturated heterocycles. The molecule has 0 aliphatic heterocycles. The summed E-state index contributed by atoms with van der Waals surface area (Å²) in [4.78, 5) is 22.4. The Kier molecular flexibility index (Phi) is 5.25. The van der Waals surface area contributed by atoms with Crippen LogP contribution in [0.2, 0.25) is 10.0 Å². The number of ether oxygens (including phenoxy) is 1. The molecular formula is C11H11Cl2NO3. The van der Waals surface area contributed by atoms with E-state index >= 15 is 0 Å². The lowest BCUT2D eigenvalue weighted by Gasteiger charge is -2.05. The van der Waals surface area contributed by atoms with Crippen LogP contribution >= 0.6 is 23.2 Å². The Labute approximate surface area is 109 Å². The van der Waals surface area contributed by atoms with E-state index in [2.05, 4.69) is 5.32 Å². The molecule has 1 N–H and O–H groups in total. The topological polar surface area (TPSA) is 55.4 Å². The van der Waals surface area contributed by atoms with Crippen molar-refractivity contribution in [3.63, 3.8) is 0 Å². The molecule has 0 spiro atoms. The lowest BCUT2D eigenvalue weighted by molar-refractivity contribution is -0.121. The molecule has 1 amide bonds. The fourth-order valence-corrected chi connectivity index (χ4v) is 1.37. The highest BCUT2D eigenvalue weighted by atomic mass is 35.5. The van der Waals surface area contributed by atoms with E-state index in [1.54, 1.807) is 0 Å². The van der Waals surface area contributed by atoms with Crippen LogP contribution in [0.25, 0.3) is 0 Å². The zero-order chi connectivity index (χ0) is 12.8. The Morgan fingerprint density at radius 3 is 2.59 bits per heavy atom. The highest BCUT2D eigenvalue weighted by molar-refractivity contribution is 6.42. The molecule has 0 aliphatic rings. The smallest absolute Gasteiger partial charge is 0.338 e. The number of hydrogen-bond acceptors (Lipinski definition) is 3. The molecule has 0 fully saturated rings. The summed E-state index contributed by atoms with van der Waals surface area (Å²) < 4.78 is 4.89. The van der Waals surface area contributed by atoms with Gasteiger partial charge in [-0.25, -0.2) is 4.79 Å². The number of benzene rings is 1. The molecule has 0 aliphatic carbocycles. The summed E-state index contributed by atoms with van der Waals surface area (Å²) in [6.45, 7) is 0.0265. The number of carbonyl (C=O) groups excluding carboxylic acids is 2. The van der Waals surface area contributed by atoms with Crippen LogP contribution < -0.4 is 5.32 Å². The van der Waals surface area contributed by atoms with E-state index in [4.69, 9.17) is 27.9 Å². The number of halogens is 2. The normalized spacial score (nSPS) is 9.82. The largest absolute Gasteiger partial charge is 0.462 e. The molecule has 4 nitrogen and oxygen atoms in total. The standard InChI is InChI=1S/C11H11Cl2NO3/c1-14-10(15)4-5-17-11(16)7-2-3-8(12)9(13)6-7/h2-3,6H,4-5H2,1H3,(H,14,15). The maximum absolute atomic E-state index is 11.5.